The van der Waals surface area contributed by atoms with Crippen LogP contribution in [0.5, 0.6) is 0 Å². The van der Waals surface area contributed by atoms with Crippen molar-refractivity contribution in [3.05, 3.63) is 28.7 Å². The Labute approximate surface area is 120 Å². The number of anilines is 1. The Bertz CT molecular complexity index is 553. The molecule has 1 aromatic heterocycles. The van der Waals surface area contributed by atoms with E-state index in [1.165, 1.54) is 17.4 Å². The summed E-state index contributed by atoms with van der Waals surface area (Å²) in [5, 5.41) is 12.2. The van der Waals surface area contributed by atoms with Gasteiger partial charge in [0.05, 0.1) is 5.56 Å². The molecule has 1 amide bonds. The summed E-state index contributed by atoms with van der Waals surface area (Å²) in [5.74, 6) is -1.02. The molecule has 0 radical (unpaired) electrons. The van der Waals surface area contributed by atoms with E-state index in [1.54, 1.807) is 0 Å². The number of carboxylic acid groups (broad SMARTS) is 1. The van der Waals surface area contributed by atoms with Crippen LogP contribution in [0.2, 0.25) is 0 Å². The second-order valence-corrected chi connectivity index (χ2v) is 5.62. The predicted molar refractivity (Wildman–Crippen MR) is 76.5 cm³/mol. The third-order valence-corrected chi connectivity index (χ3v) is 4.14. The number of nitrogens with zero attached hydrogens (tertiary/aromatic N) is 1. The second-order valence-electron chi connectivity index (χ2n) is 4.51. The molecule has 0 aromatic carbocycles. The fourth-order valence-corrected chi connectivity index (χ4v) is 3.41. The highest BCUT2D eigenvalue weighted by Gasteiger charge is 2.27. The molecule has 0 spiro atoms. The van der Waals surface area contributed by atoms with Gasteiger partial charge in [0.15, 0.2) is 0 Å². The fourth-order valence-electron chi connectivity index (χ4n) is 2.11. The largest absolute Gasteiger partial charge is 0.478 e. The Balaban J connectivity index is 2.26. The number of likely N-dealkylation sites (N-methyl/N-ethyl adjacent to an activating group) is 1. The zero-order chi connectivity index (χ0) is 14.7. The van der Waals surface area contributed by atoms with Gasteiger partial charge in [0.2, 0.25) is 0 Å². The smallest absolute Gasteiger partial charge is 0.412 e. The molecular formula is C13H16N2O4S. The summed E-state index contributed by atoms with van der Waals surface area (Å²) in [5.41, 5.74) is 1.01. The van der Waals surface area contributed by atoms with E-state index in [1.807, 2.05) is 7.05 Å². The van der Waals surface area contributed by atoms with E-state index >= 15 is 0 Å². The molecule has 2 N–H and O–H groups in total. The third kappa shape index (κ3) is 3.00. The Morgan fingerprint density at radius 2 is 2.35 bits per heavy atom. The van der Waals surface area contributed by atoms with Gasteiger partial charge in [-0.25, -0.2) is 9.59 Å². The first-order chi connectivity index (χ1) is 9.52. The van der Waals surface area contributed by atoms with Gasteiger partial charge in [-0.15, -0.1) is 11.3 Å². The van der Waals surface area contributed by atoms with Crippen LogP contribution in [0.1, 0.15) is 20.8 Å². The number of carbonyl (C=O) groups excluding carboxylic acids is 1. The molecule has 20 heavy (non-hydrogen) atoms. The summed E-state index contributed by atoms with van der Waals surface area (Å²) in [7, 11) is 1.98. The quantitative estimate of drug-likeness (QED) is 0.832. The van der Waals surface area contributed by atoms with Crippen molar-refractivity contribution in [1.29, 1.82) is 0 Å². The van der Waals surface area contributed by atoms with Crippen molar-refractivity contribution in [2.45, 2.75) is 13.0 Å². The Hall–Kier alpha value is -1.86. The molecule has 0 unspecified atom stereocenters. The standard InChI is InChI=1S/C13H16N2O4S/c1-3-6-19-13(18)14-11-10(12(16)17)8-4-5-15(2)7-9(8)20-11/h3H,1,4-7H2,2H3,(H,14,18)(H,16,17). The SMILES string of the molecule is C=CCOC(=O)Nc1sc2c(c1C(=O)O)CCN(C)C2. The van der Waals surface area contributed by atoms with E-state index in [0.29, 0.717) is 18.0 Å². The summed E-state index contributed by atoms with van der Waals surface area (Å²) in [6, 6.07) is 0. The summed E-state index contributed by atoms with van der Waals surface area (Å²) in [6.07, 6.45) is 1.46. The highest BCUT2D eigenvalue weighted by molar-refractivity contribution is 7.17. The Morgan fingerprint density at radius 1 is 1.60 bits per heavy atom. The number of hydrogen-bond acceptors (Lipinski definition) is 5. The molecule has 7 heteroatoms. The van der Waals surface area contributed by atoms with E-state index in [4.69, 9.17) is 4.74 Å². The minimum atomic E-state index is -1.02. The molecule has 2 rings (SSSR count). The van der Waals surface area contributed by atoms with Gasteiger partial charge in [0.25, 0.3) is 0 Å². The number of thiophene rings is 1. The normalized spacial score (nSPS) is 14.4. The van der Waals surface area contributed by atoms with Gasteiger partial charge in [-0.2, -0.15) is 0 Å². The van der Waals surface area contributed by atoms with Crippen molar-refractivity contribution in [1.82, 2.24) is 4.90 Å². The molecule has 1 aromatic rings. The highest BCUT2D eigenvalue weighted by Crippen LogP contribution is 2.36. The Morgan fingerprint density at radius 3 is 3.00 bits per heavy atom. The lowest BCUT2D eigenvalue weighted by molar-refractivity contribution is 0.0696. The molecule has 6 nitrogen and oxygen atoms in total. The molecule has 0 saturated heterocycles. The van der Waals surface area contributed by atoms with E-state index in [2.05, 4.69) is 16.8 Å². The van der Waals surface area contributed by atoms with Crippen LogP contribution < -0.4 is 5.32 Å². The van der Waals surface area contributed by atoms with Crippen molar-refractivity contribution in [2.24, 2.45) is 0 Å². The number of carboxylic acids is 1. The molecule has 108 valence electrons. The number of hydrogen-bond donors (Lipinski definition) is 2. The molecule has 1 aliphatic rings. The van der Waals surface area contributed by atoms with E-state index in [0.717, 1.165) is 17.0 Å². The number of nitrogens with one attached hydrogen (secondary N) is 1. The lowest BCUT2D eigenvalue weighted by atomic mass is 10.0. The average Bonchev–Trinajstić information content (AvgIpc) is 2.73. The third-order valence-electron chi connectivity index (χ3n) is 3.01. The average molecular weight is 296 g/mol. The lowest BCUT2D eigenvalue weighted by Gasteiger charge is -2.22. The Kier molecular flexibility index (Phi) is 4.41. The minimum Gasteiger partial charge on any atom is -0.478 e. The number of rotatable bonds is 4. The molecular weight excluding hydrogens is 280 g/mol. The van der Waals surface area contributed by atoms with Crippen molar-refractivity contribution < 1.29 is 19.4 Å². The molecule has 0 bridgehead atoms. The first-order valence-corrected chi connectivity index (χ1v) is 6.95. The number of carbonyl (C=O) groups is 2. The van der Waals surface area contributed by atoms with Crippen LogP contribution in [0, 0.1) is 0 Å². The van der Waals surface area contributed by atoms with Gasteiger partial charge in [0, 0.05) is 18.0 Å². The van der Waals surface area contributed by atoms with E-state index in [9.17, 15) is 14.7 Å². The molecule has 2 heterocycles. The maximum atomic E-state index is 11.5. The fraction of sp³-hybridized carbons (Fsp3) is 0.385. The summed E-state index contributed by atoms with van der Waals surface area (Å²) in [6.45, 7) is 5.04. The topological polar surface area (TPSA) is 78.9 Å². The van der Waals surface area contributed by atoms with Gasteiger partial charge in [-0.1, -0.05) is 12.7 Å². The van der Waals surface area contributed by atoms with E-state index < -0.39 is 12.1 Å². The maximum Gasteiger partial charge on any atom is 0.412 e. The maximum absolute atomic E-state index is 11.5. The van der Waals surface area contributed by atoms with Crippen molar-refractivity contribution in [2.75, 3.05) is 25.5 Å². The predicted octanol–water partition coefficient (Wildman–Crippen LogP) is 2.17. The van der Waals surface area contributed by atoms with Crippen LogP contribution in [-0.2, 0) is 17.7 Å². The van der Waals surface area contributed by atoms with Crippen LogP contribution in [0.25, 0.3) is 0 Å². The minimum absolute atomic E-state index is 0.0854. The summed E-state index contributed by atoms with van der Waals surface area (Å²) in [4.78, 5) is 26.1. The molecule has 0 fully saturated rings. The zero-order valence-electron chi connectivity index (χ0n) is 11.1. The first kappa shape index (κ1) is 14.5. The van der Waals surface area contributed by atoms with Crippen LogP contribution in [0.4, 0.5) is 9.80 Å². The van der Waals surface area contributed by atoms with E-state index in [-0.39, 0.29) is 12.2 Å². The van der Waals surface area contributed by atoms with Crippen molar-refractivity contribution in [3.63, 3.8) is 0 Å². The number of fused-ring (bicyclic) bond motifs is 1. The zero-order valence-corrected chi connectivity index (χ0v) is 12.0. The van der Waals surface area contributed by atoms with Crippen LogP contribution in [-0.4, -0.2) is 42.3 Å². The van der Waals surface area contributed by atoms with Crippen LogP contribution in [0.3, 0.4) is 0 Å². The first-order valence-electron chi connectivity index (χ1n) is 6.14. The summed E-state index contributed by atoms with van der Waals surface area (Å²) >= 11 is 1.30. The molecule has 0 aliphatic carbocycles. The van der Waals surface area contributed by atoms with Gasteiger partial charge in [-0.3, -0.25) is 5.32 Å². The lowest BCUT2D eigenvalue weighted by Crippen LogP contribution is -2.26. The molecule has 1 aliphatic heterocycles. The van der Waals surface area contributed by atoms with Crippen molar-refractivity contribution in [3.8, 4) is 0 Å². The van der Waals surface area contributed by atoms with Gasteiger partial charge in [-0.05, 0) is 19.0 Å². The van der Waals surface area contributed by atoms with Crippen molar-refractivity contribution >= 4 is 28.4 Å². The van der Waals surface area contributed by atoms with Crippen LogP contribution >= 0.6 is 11.3 Å². The van der Waals surface area contributed by atoms with Gasteiger partial charge < -0.3 is 14.7 Å². The molecule has 0 saturated carbocycles. The van der Waals surface area contributed by atoms with Gasteiger partial charge in [0.1, 0.15) is 11.6 Å². The number of ether oxygens (including phenoxy) is 1. The number of aromatic carboxylic acids is 1. The molecule has 0 atom stereocenters. The number of amides is 1. The highest BCUT2D eigenvalue weighted by atomic mass is 32.1. The van der Waals surface area contributed by atoms with Gasteiger partial charge >= 0.3 is 12.1 Å². The summed E-state index contributed by atoms with van der Waals surface area (Å²) < 4.78 is 4.82. The van der Waals surface area contributed by atoms with Crippen LogP contribution in [0.15, 0.2) is 12.7 Å². The second kappa shape index (κ2) is 6.06. The monoisotopic (exact) mass is 296 g/mol.